The minimum Gasteiger partial charge on any atom is -0.309 e. The van der Waals surface area contributed by atoms with E-state index in [2.05, 4.69) is 260 Å². The number of thiophene rings is 4. The first kappa shape index (κ1) is 68.5. The number of para-hydroxylation sites is 4. The molecule has 22 aromatic rings. The van der Waals surface area contributed by atoms with Gasteiger partial charge in [0.2, 0.25) is 0 Å². The van der Waals surface area contributed by atoms with Gasteiger partial charge in [0.25, 0.3) is 0 Å². The normalized spacial score (nSPS) is 11.4. The minimum atomic E-state index is 0.481. The topological polar surface area (TPSA) is 132 Å². The van der Waals surface area contributed by atoms with Crippen LogP contribution in [-0.2, 0) is 0 Å². The first-order valence-corrected chi connectivity index (χ1v) is 40.0. The molecule has 16 heteroatoms. The van der Waals surface area contributed by atoms with Crippen LogP contribution in [0.1, 0.15) is 5.56 Å². The van der Waals surface area contributed by atoms with Crippen LogP contribution in [0.3, 0.4) is 0 Å². The highest BCUT2D eigenvalue weighted by molar-refractivity contribution is 7.19. The number of hydrogen-bond acceptors (Lipinski definition) is 13. The van der Waals surface area contributed by atoms with Crippen molar-refractivity contribution in [2.75, 3.05) is 4.90 Å². The van der Waals surface area contributed by atoms with E-state index in [9.17, 15) is 0 Å². The molecule has 532 valence electrons. The Morgan fingerprint density at radius 2 is 0.893 bits per heavy atom. The van der Waals surface area contributed by atoms with Gasteiger partial charge in [-0.1, -0.05) is 164 Å². The summed E-state index contributed by atoms with van der Waals surface area (Å²) in [6.45, 7) is 3.66. The lowest BCUT2D eigenvalue weighted by atomic mass is 10.1. The molecular weight excluding hydrogens is 1450 g/mol. The molecule has 0 amide bonds. The lowest BCUT2D eigenvalue weighted by Gasteiger charge is -2.24. The number of aromatic nitrogens is 10. The first-order chi connectivity index (χ1) is 55.5. The van der Waals surface area contributed by atoms with Gasteiger partial charge in [-0.25, -0.2) is 24.9 Å². The molecular formula is C96H64N12S4. The van der Waals surface area contributed by atoms with Crippen molar-refractivity contribution in [1.82, 2.24) is 48.6 Å². The molecule has 0 unspecified atom stereocenters. The molecule has 0 aliphatic carbocycles. The second-order valence-corrected chi connectivity index (χ2v) is 30.3. The van der Waals surface area contributed by atoms with Crippen LogP contribution in [0.15, 0.2) is 375 Å². The van der Waals surface area contributed by atoms with Crippen molar-refractivity contribution in [3.8, 4) is 51.2 Å². The zero-order valence-corrected chi connectivity index (χ0v) is 63.2. The smallest absolute Gasteiger partial charge is 0.163 e. The predicted octanol–water partition coefficient (Wildman–Crippen LogP) is 26.2. The standard InChI is InChI=1S/C25H18N2S.C24H15N3S.C24H17N3S.C23H14N4S/c1-2-3-7-21(26)17-9-12-19(13-10-17)27-22-8-5-4-6-20(22)24-23(27)14-11-18-15-16-28-25(18)24;1-2-6-17(7-3-1)24-25-14-18(15-26-24)27-20-9-5-4-8-19(20)22-21(27)11-10-16-12-13-28-23(16)22;1-2-7-20(8-3-1)27(21-12-11-18-13-15-28-23(18)16-21)24-10-4-9-22(26-24)19-6-5-14-25-17-19;1-2-6-18-17(5-1)21-19(8-7-15-10-13-28-22(15)21)27(18)20-9-12-25-23(26-20)16-4-3-11-24-14-16/h2-16,26H,1H2;1-15H;1-17H;1-14H/b7-3-,26-21?;;;. The summed E-state index contributed by atoms with van der Waals surface area (Å²) in [6.07, 6.45) is 18.1. The van der Waals surface area contributed by atoms with E-state index in [0.29, 0.717) is 11.5 Å². The van der Waals surface area contributed by atoms with E-state index < -0.39 is 0 Å². The van der Waals surface area contributed by atoms with E-state index in [1.165, 1.54) is 94.7 Å². The Balaban J connectivity index is 0.000000101. The Kier molecular flexibility index (Phi) is 18.5. The summed E-state index contributed by atoms with van der Waals surface area (Å²) >= 11 is 7.13. The van der Waals surface area contributed by atoms with Crippen LogP contribution < -0.4 is 4.90 Å². The molecule has 0 bridgehead atoms. The number of rotatable bonds is 12. The maximum atomic E-state index is 8.17. The summed E-state index contributed by atoms with van der Waals surface area (Å²) < 4.78 is 12.0. The van der Waals surface area contributed by atoms with Crippen molar-refractivity contribution >= 4 is 174 Å². The Morgan fingerprint density at radius 3 is 1.48 bits per heavy atom. The summed E-state index contributed by atoms with van der Waals surface area (Å²) in [5.41, 5.74) is 16.6. The maximum absolute atomic E-state index is 8.17. The summed E-state index contributed by atoms with van der Waals surface area (Å²) in [5.74, 6) is 3.15. The van der Waals surface area contributed by atoms with Crippen LogP contribution >= 0.6 is 45.3 Å². The fraction of sp³-hybridized carbons (Fsp3) is 0. The lowest BCUT2D eigenvalue weighted by Crippen LogP contribution is -2.11. The largest absolute Gasteiger partial charge is 0.309 e. The SMILES string of the molecule is C=C/C=C\C(=N)c1ccc(-n2c3ccccc3c3c4sccc4ccc32)cc1.c1ccc(-c2ncc(-n3c4ccccc4c4c5sccc5ccc43)cn2)cc1.c1ccc(N(c2ccc3ccsc3c2)c2cccc(-c3cccnc3)n2)cc1.c1cncc(-c2nccc(-n3c4ccccc4c4c5sccc5ccc43)n2)c1. The van der Waals surface area contributed by atoms with Gasteiger partial charge in [-0.3, -0.25) is 19.4 Å². The van der Waals surface area contributed by atoms with E-state index in [4.69, 9.17) is 15.4 Å². The second kappa shape index (κ2) is 30.2. The predicted molar refractivity (Wildman–Crippen MR) is 472 cm³/mol. The highest BCUT2D eigenvalue weighted by Gasteiger charge is 2.21. The van der Waals surface area contributed by atoms with Gasteiger partial charge in [0.05, 0.1) is 62.6 Å². The number of anilines is 3. The van der Waals surface area contributed by atoms with Gasteiger partial charge in [-0.2, -0.15) is 0 Å². The zero-order chi connectivity index (χ0) is 74.9. The Bertz CT molecular complexity index is 7240. The molecule has 0 saturated heterocycles. The minimum absolute atomic E-state index is 0.481. The fourth-order valence-electron chi connectivity index (χ4n) is 14.9. The van der Waals surface area contributed by atoms with Crippen molar-refractivity contribution in [2.45, 2.75) is 0 Å². The molecule has 12 aromatic heterocycles. The Morgan fingerprint density at radius 1 is 0.375 bits per heavy atom. The molecule has 0 atom stereocenters. The summed E-state index contributed by atoms with van der Waals surface area (Å²) in [6, 6.07) is 98.7. The molecule has 0 saturated carbocycles. The van der Waals surface area contributed by atoms with Crippen molar-refractivity contribution in [3.63, 3.8) is 0 Å². The molecule has 0 radical (unpaired) electrons. The number of nitrogens with zero attached hydrogens (tertiary/aromatic N) is 11. The molecule has 0 aliphatic heterocycles. The molecule has 0 fully saturated rings. The molecule has 0 aliphatic rings. The number of hydrogen-bond donors (Lipinski definition) is 1. The van der Waals surface area contributed by atoms with Crippen molar-refractivity contribution < 1.29 is 0 Å². The second-order valence-electron chi connectivity index (χ2n) is 26.6. The van der Waals surface area contributed by atoms with Gasteiger partial charge in [0.15, 0.2) is 11.6 Å². The van der Waals surface area contributed by atoms with Gasteiger partial charge in [0, 0.05) is 116 Å². The average Bonchev–Trinajstić information content (AvgIpc) is 1.59. The quantitative estimate of drug-likeness (QED) is 0.0945. The van der Waals surface area contributed by atoms with Crippen LogP contribution in [0.4, 0.5) is 17.2 Å². The molecule has 12 heterocycles. The number of fused-ring (bicyclic) bond motifs is 16. The molecule has 12 nitrogen and oxygen atoms in total. The average molecular weight is 1510 g/mol. The third-order valence-corrected chi connectivity index (χ3v) is 23.7. The molecule has 0 spiro atoms. The van der Waals surface area contributed by atoms with Crippen molar-refractivity contribution in [3.05, 3.63) is 380 Å². The van der Waals surface area contributed by atoms with E-state index in [0.717, 1.165) is 79.2 Å². The number of nitrogens with one attached hydrogen (secondary N) is 1. The number of benzene rings is 10. The fourth-order valence-corrected chi connectivity index (χ4v) is 18.6. The third kappa shape index (κ3) is 12.9. The van der Waals surface area contributed by atoms with Gasteiger partial charge in [0.1, 0.15) is 11.6 Å². The van der Waals surface area contributed by atoms with Crippen LogP contribution in [-0.4, -0.2) is 54.3 Å². The molecule has 1 N–H and O–H groups in total. The van der Waals surface area contributed by atoms with Crippen molar-refractivity contribution in [2.24, 2.45) is 0 Å². The van der Waals surface area contributed by atoms with Gasteiger partial charge < -0.3 is 14.5 Å². The van der Waals surface area contributed by atoms with Crippen LogP contribution in [0.5, 0.6) is 0 Å². The van der Waals surface area contributed by atoms with E-state index in [-0.39, 0.29) is 0 Å². The Labute approximate surface area is 659 Å². The molecule has 22 rings (SSSR count). The monoisotopic (exact) mass is 1510 g/mol. The summed E-state index contributed by atoms with van der Waals surface area (Å²) in [5, 5.41) is 29.6. The lowest BCUT2D eigenvalue weighted by molar-refractivity contribution is 1.04. The van der Waals surface area contributed by atoms with Gasteiger partial charge in [-0.05, 0) is 194 Å². The zero-order valence-electron chi connectivity index (χ0n) is 60.0. The number of pyridine rings is 3. The van der Waals surface area contributed by atoms with Gasteiger partial charge in [-0.15, -0.1) is 45.3 Å². The summed E-state index contributed by atoms with van der Waals surface area (Å²) in [7, 11) is 0. The summed E-state index contributed by atoms with van der Waals surface area (Å²) in [4.78, 5) is 34.2. The molecule has 10 aromatic carbocycles. The van der Waals surface area contributed by atoms with Gasteiger partial charge >= 0.3 is 0 Å². The van der Waals surface area contributed by atoms with Crippen LogP contribution in [0, 0.1) is 5.41 Å². The van der Waals surface area contributed by atoms with Crippen LogP contribution in [0.25, 0.3) is 157 Å². The highest BCUT2D eigenvalue weighted by Crippen LogP contribution is 2.44. The van der Waals surface area contributed by atoms with E-state index in [1.54, 1.807) is 82.2 Å². The van der Waals surface area contributed by atoms with Crippen LogP contribution in [0.2, 0.25) is 0 Å². The van der Waals surface area contributed by atoms with E-state index >= 15 is 0 Å². The first-order valence-electron chi connectivity index (χ1n) is 36.4. The third-order valence-electron chi connectivity index (χ3n) is 20.0. The Hall–Kier alpha value is -14.0. The molecule has 112 heavy (non-hydrogen) atoms. The van der Waals surface area contributed by atoms with E-state index in [1.807, 2.05) is 122 Å². The van der Waals surface area contributed by atoms with Crippen molar-refractivity contribution in [1.29, 1.82) is 5.41 Å². The maximum Gasteiger partial charge on any atom is 0.163 e. The highest BCUT2D eigenvalue weighted by atomic mass is 32.1. The number of allylic oxidation sites excluding steroid dienone is 3.